The van der Waals surface area contributed by atoms with Gasteiger partial charge in [0.1, 0.15) is 5.57 Å². The van der Waals surface area contributed by atoms with E-state index in [0.29, 0.717) is 21.1 Å². The lowest BCUT2D eigenvalue weighted by atomic mass is 10.1. The molecule has 3 rings (SSSR count). The number of urea groups is 1. The molecule has 28 heavy (non-hydrogen) atoms. The van der Waals surface area contributed by atoms with Crippen LogP contribution in [0.4, 0.5) is 10.5 Å². The van der Waals surface area contributed by atoms with Crippen LogP contribution in [0.1, 0.15) is 12.5 Å². The zero-order valence-electron chi connectivity index (χ0n) is 14.4. The van der Waals surface area contributed by atoms with Crippen molar-refractivity contribution < 1.29 is 24.2 Å². The lowest BCUT2D eigenvalue weighted by Gasteiger charge is -2.26. The number of rotatable bonds is 4. The van der Waals surface area contributed by atoms with Gasteiger partial charge in [-0.3, -0.25) is 19.9 Å². The van der Waals surface area contributed by atoms with Gasteiger partial charge in [0.2, 0.25) is 0 Å². The Morgan fingerprint density at radius 1 is 1.21 bits per heavy atom. The number of phenolic OH excluding ortho intramolecular Hbond substituents is 1. The number of pyridine rings is 1. The van der Waals surface area contributed by atoms with Gasteiger partial charge in [0.05, 0.1) is 16.8 Å². The fourth-order valence-corrected chi connectivity index (χ4v) is 3.36. The van der Waals surface area contributed by atoms with Crippen LogP contribution in [0.3, 0.4) is 0 Å². The van der Waals surface area contributed by atoms with E-state index in [9.17, 15) is 19.5 Å². The smallest absolute Gasteiger partial charge is 0.335 e. The van der Waals surface area contributed by atoms with Crippen molar-refractivity contribution in [1.82, 2.24) is 10.3 Å². The Morgan fingerprint density at radius 2 is 1.89 bits per heavy atom. The lowest BCUT2D eigenvalue weighted by molar-refractivity contribution is -0.122. The number of carbonyl (C=O) groups excluding carboxylic acids is 3. The van der Waals surface area contributed by atoms with Gasteiger partial charge in [-0.15, -0.1) is 0 Å². The minimum absolute atomic E-state index is 0.121. The maximum absolute atomic E-state index is 12.9. The minimum atomic E-state index is -0.848. The van der Waals surface area contributed by atoms with Crippen LogP contribution in [0.5, 0.6) is 11.5 Å². The number of hydrogen-bond donors (Lipinski definition) is 2. The van der Waals surface area contributed by atoms with Crippen LogP contribution in [0.25, 0.3) is 6.08 Å². The van der Waals surface area contributed by atoms with E-state index >= 15 is 0 Å². The minimum Gasteiger partial charge on any atom is -0.503 e. The number of benzene rings is 1. The molecule has 1 aliphatic heterocycles. The molecule has 0 spiro atoms. The zero-order chi connectivity index (χ0) is 20.4. The van der Waals surface area contributed by atoms with Gasteiger partial charge < -0.3 is 9.84 Å². The van der Waals surface area contributed by atoms with Gasteiger partial charge >= 0.3 is 6.03 Å². The molecule has 0 bridgehead atoms. The van der Waals surface area contributed by atoms with Crippen molar-refractivity contribution in [1.29, 1.82) is 0 Å². The summed E-state index contributed by atoms with van der Waals surface area (Å²) in [6.45, 7) is 2.06. The maximum atomic E-state index is 12.9. The molecule has 0 radical (unpaired) electrons. The second kappa shape index (κ2) is 8.11. The Labute approximate surface area is 176 Å². The summed E-state index contributed by atoms with van der Waals surface area (Å²) in [5, 5.41) is 12.3. The van der Waals surface area contributed by atoms with E-state index < -0.39 is 17.8 Å². The number of halogens is 2. The van der Waals surface area contributed by atoms with Gasteiger partial charge in [0.25, 0.3) is 11.8 Å². The number of ether oxygens (including phenoxy) is 1. The number of aromatic nitrogens is 1. The quantitative estimate of drug-likeness (QED) is 0.482. The molecule has 1 aromatic carbocycles. The Hall–Kier alpha value is -2.72. The van der Waals surface area contributed by atoms with Gasteiger partial charge in [-0.05, 0) is 68.6 Å². The number of hydrogen-bond acceptors (Lipinski definition) is 6. The Bertz CT molecular complexity index is 1010. The monoisotopic (exact) mass is 509 g/mol. The normalized spacial score (nSPS) is 15.8. The lowest BCUT2D eigenvalue weighted by Crippen LogP contribution is -2.54. The fraction of sp³-hybridized carbons (Fsp3) is 0.111. The van der Waals surface area contributed by atoms with Crippen LogP contribution < -0.4 is 15.0 Å². The molecule has 8 nitrogen and oxygen atoms in total. The number of barbiturate groups is 1. The number of nitrogens with zero attached hydrogens (tertiary/aromatic N) is 2. The molecule has 1 aromatic heterocycles. The molecule has 1 saturated heterocycles. The predicted molar refractivity (Wildman–Crippen MR) is 108 cm³/mol. The van der Waals surface area contributed by atoms with Crippen LogP contribution in [0.2, 0.25) is 0 Å². The molecule has 144 valence electrons. The molecule has 1 fully saturated rings. The maximum Gasteiger partial charge on any atom is 0.335 e. The molecule has 4 amide bonds. The van der Waals surface area contributed by atoms with Crippen LogP contribution in [-0.4, -0.2) is 34.5 Å². The largest absolute Gasteiger partial charge is 0.503 e. The summed E-state index contributed by atoms with van der Waals surface area (Å²) in [5.41, 5.74) is 0.421. The van der Waals surface area contributed by atoms with E-state index in [0.717, 1.165) is 4.90 Å². The van der Waals surface area contributed by atoms with Gasteiger partial charge in [0, 0.05) is 16.9 Å². The number of amides is 4. The molecular weight excluding hydrogens is 498 g/mol. The van der Waals surface area contributed by atoms with Crippen molar-refractivity contribution in [3.8, 4) is 11.5 Å². The van der Waals surface area contributed by atoms with Crippen molar-refractivity contribution >= 4 is 61.5 Å². The van der Waals surface area contributed by atoms with Crippen LogP contribution in [0.15, 0.2) is 45.1 Å². The summed E-state index contributed by atoms with van der Waals surface area (Å²) in [4.78, 5) is 42.0. The van der Waals surface area contributed by atoms with Crippen LogP contribution in [-0.2, 0) is 9.59 Å². The highest BCUT2D eigenvalue weighted by Gasteiger charge is 2.37. The Kier molecular flexibility index (Phi) is 5.80. The van der Waals surface area contributed by atoms with E-state index in [1.54, 1.807) is 6.92 Å². The Balaban J connectivity index is 2.09. The van der Waals surface area contributed by atoms with Gasteiger partial charge in [0.15, 0.2) is 11.5 Å². The third kappa shape index (κ3) is 3.65. The summed E-state index contributed by atoms with van der Waals surface area (Å²) in [5.74, 6) is -1.55. The predicted octanol–water partition coefficient (Wildman–Crippen LogP) is 3.38. The van der Waals surface area contributed by atoms with E-state index in [2.05, 4.69) is 42.2 Å². The topological polar surface area (TPSA) is 109 Å². The van der Waals surface area contributed by atoms with E-state index in [1.165, 1.54) is 36.7 Å². The summed E-state index contributed by atoms with van der Waals surface area (Å²) in [6.07, 6.45) is 4.17. The molecule has 0 atom stereocenters. The van der Waals surface area contributed by atoms with Gasteiger partial charge in [-0.1, -0.05) is 0 Å². The number of phenols is 1. The average Bonchev–Trinajstić information content (AvgIpc) is 2.67. The second-order valence-corrected chi connectivity index (χ2v) is 7.12. The standard InChI is InChI=1S/C18H13Br2N3O5/c1-2-28-12-8-9(13(19)14(20)15(12)24)7-11-16(25)22-18(27)23(17(11)26)10-3-5-21-6-4-10/h3-8,24H,2H2,1H3,(H,22,25,27)/b11-7+. The molecule has 1 aliphatic rings. The number of aromatic hydroxyl groups is 1. The summed E-state index contributed by atoms with van der Waals surface area (Å²) >= 11 is 6.56. The van der Waals surface area contributed by atoms with Crippen LogP contribution >= 0.6 is 31.9 Å². The first kappa shape index (κ1) is 20.0. The van der Waals surface area contributed by atoms with Gasteiger partial charge in [-0.2, -0.15) is 0 Å². The summed E-state index contributed by atoms with van der Waals surface area (Å²) in [7, 11) is 0. The highest BCUT2D eigenvalue weighted by Crippen LogP contribution is 2.42. The molecule has 2 N–H and O–H groups in total. The number of carbonyl (C=O) groups is 3. The third-order valence-corrected chi connectivity index (χ3v) is 5.95. The SMILES string of the molecule is CCOc1cc(/C=C2\C(=O)NC(=O)N(c3ccncc3)C2=O)c(Br)c(Br)c1O. The average molecular weight is 511 g/mol. The highest BCUT2D eigenvalue weighted by molar-refractivity contribution is 9.13. The zero-order valence-corrected chi connectivity index (χ0v) is 17.6. The van der Waals surface area contributed by atoms with Crippen molar-refractivity contribution in [2.75, 3.05) is 11.5 Å². The fourth-order valence-electron chi connectivity index (χ4n) is 2.52. The molecule has 2 heterocycles. The molecule has 2 aromatic rings. The first-order chi connectivity index (χ1) is 13.3. The van der Waals surface area contributed by atoms with Crippen molar-refractivity contribution in [2.45, 2.75) is 6.92 Å². The van der Waals surface area contributed by atoms with Crippen molar-refractivity contribution in [2.24, 2.45) is 0 Å². The van der Waals surface area contributed by atoms with Gasteiger partial charge in [-0.25, -0.2) is 9.69 Å². The number of nitrogens with one attached hydrogen (secondary N) is 1. The molecule has 10 heteroatoms. The second-order valence-electron chi connectivity index (χ2n) is 5.54. The summed E-state index contributed by atoms with van der Waals surface area (Å²) < 4.78 is 6.09. The molecule has 0 unspecified atom stereocenters. The first-order valence-corrected chi connectivity index (χ1v) is 9.59. The number of anilines is 1. The molecule has 0 aliphatic carbocycles. The number of imide groups is 2. The van der Waals surface area contributed by atoms with Crippen molar-refractivity contribution in [3.05, 3.63) is 50.7 Å². The summed E-state index contributed by atoms with van der Waals surface area (Å²) in [6, 6.07) is 3.59. The van der Waals surface area contributed by atoms with Crippen molar-refractivity contribution in [3.63, 3.8) is 0 Å². The molecular formula is C18H13Br2N3O5. The Morgan fingerprint density at radius 3 is 2.54 bits per heavy atom. The van der Waals surface area contributed by atoms with E-state index in [1.807, 2.05) is 0 Å². The highest BCUT2D eigenvalue weighted by atomic mass is 79.9. The molecule has 0 saturated carbocycles. The van der Waals surface area contributed by atoms with Crippen LogP contribution in [0, 0.1) is 0 Å². The third-order valence-electron chi connectivity index (χ3n) is 3.80. The first-order valence-electron chi connectivity index (χ1n) is 8.00. The van der Waals surface area contributed by atoms with E-state index in [-0.39, 0.29) is 22.8 Å². The van der Waals surface area contributed by atoms with E-state index in [4.69, 9.17) is 4.74 Å².